The van der Waals surface area contributed by atoms with Crippen molar-refractivity contribution in [2.45, 2.75) is 37.1 Å². The number of anilines is 2. The minimum atomic E-state index is -3.55. The van der Waals surface area contributed by atoms with E-state index < -0.39 is 10.0 Å². The highest BCUT2D eigenvalue weighted by atomic mass is 32.2. The lowest BCUT2D eigenvalue weighted by Crippen LogP contribution is -2.48. The van der Waals surface area contributed by atoms with Gasteiger partial charge in [-0.2, -0.15) is 4.31 Å². The van der Waals surface area contributed by atoms with E-state index >= 15 is 0 Å². The maximum atomic E-state index is 13.3. The van der Waals surface area contributed by atoms with E-state index in [1.165, 1.54) is 0 Å². The summed E-state index contributed by atoms with van der Waals surface area (Å²) in [5.41, 5.74) is 2.97. The second kappa shape index (κ2) is 7.39. The summed E-state index contributed by atoms with van der Waals surface area (Å²) in [6.07, 6.45) is 2.65. The van der Waals surface area contributed by atoms with Crippen molar-refractivity contribution in [3.63, 3.8) is 0 Å². The Balaban J connectivity index is 1.33. The van der Waals surface area contributed by atoms with Crippen molar-refractivity contribution in [3.8, 4) is 0 Å². The van der Waals surface area contributed by atoms with Gasteiger partial charge in [0.25, 0.3) is 0 Å². The molecule has 2 heterocycles. The average molecular weight is 426 g/mol. The van der Waals surface area contributed by atoms with Crippen LogP contribution in [0.1, 0.15) is 25.3 Å². The lowest BCUT2D eigenvalue weighted by Gasteiger charge is -2.35. The van der Waals surface area contributed by atoms with Gasteiger partial charge in [0.1, 0.15) is 0 Å². The van der Waals surface area contributed by atoms with Crippen LogP contribution in [0, 0.1) is 5.92 Å². The van der Waals surface area contributed by atoms with Crippen molar-refractivity contribution in [1.29, 1.82) is 0 Å². The molecule has 30 heavy (non-hydrogen) atoms. The van der Waals surface area contributed by atoms with E-state index in [4.69, 9.17) is 0 Å². The van der Waals surface area contributed by atoms with Gasteiger partial charge in [-0.25, -0.2) is 8.42 Å². The third-order valence-corrected chi connectivity index (χ3v) is 8.32. The number of fused-ring (bicyclic) bond motifs is 1. The number of hydrogen-bond acceptors (Lipinski definition) is 4. The quantitative estimate of drug-likeness (QED) is 0.756. The second-order valence-corrected chi connectivity index (χ2v) is 10.5. The minimum Gasteiger partial charge on any atom is -0.369 e. The number of rotatable bonds is 4. The molecule has 2 aliphatic heterocycles. The summed E-state index contributed by atoms with van der Waals surface area (Å²) in [5.74, 6) is 0.344. The summed E-state index contributed by atoms with van der Waals surface area (Å²) in [4.78, 5) is 17.1. The number of carbonyl (C=O) groups excluding carboxylic acids is 1. The smallest absolute Gasteiger partial charge is 0.243 e. The van der Waals surface area contributed by atoms with Gasteiger partial charge in [-0.15, -0.1) is 0 Å². The maximum absolute atomic E-state index is 13.3. The van der Waals surface area contributed by atoms with Gasteiger partial charge in [0.15, 0.2) is 0 Å². The van der Waals surface area contributed by atoms with Crippen LogP contribution >= 0.6 is 0 Å². The zero-order chi connectivity index (χ0) is 20.9. The Morgan fingerprint density at radius 2 is 1.67 bits per heavy atom. The first-order valence-electron chi connectivity index (χ1n) is 10.7. The fourth-order valence-electron chi connectivity index (χ4n) is 4.61. The molecule has 3 aliphatic rings. The number of carbonyl (C=O) groups is 1. The molecule has 158 valence electrons. The highest BCUT2D eigenvalue weighted by Crippen LogP contribution is 2.39. The molecule has 1 saturated carbocycles. The highest BCUT2D eigenvalue weighted by Gasteiger charge is 2.40. The molecule has 0 spiro atoms. The molecule has 1 aliphatic carbocycles. The van der Waals surface area contributed by atoms with Crippen LogP contribution in [0.5, 0.6) is 0 Å². The van der Waals surface area contributed by atoms with E-state index in [2.05, 4.69) is 17.0 Å². The molecule has 1 atom stereocenters. The molecular weight excluding hydrogens is 398 g/mol. The molecule has 1 saturated heterocycles. The lowest BCUT2D eigenvalue weighted by molar-refractivity contribution is -0.120. The van der Waals surface area contributed by atoms with Crippen LogP contribution in [-0.4, -0.2) is 50.9 Å². The third kappa shape index (κ3) is 3.40. The lowest BCUT2D eigenvalue weighted by atomic mass is 10.1. The summed E-state index contributed by atoms with van der Waals surface area (Å²) in [7, 11) is -3.55. The first-order valence-corrected chi connectivity index (χ1v) is 12.2. The molecule has 7 heteroatoms. The SMILES string of the molecule is C[C@@H]1Cc2cc(S(=O)(=O)N3CCN(c4ccccc4)CC3)ccc2N1C(=O)C1CC1. The molecule has 0 unspecified atom stereocenters. The average Bonchev–Trinajstić information content (AvgIpc) is 3.56. The first kappa shape index (κ1) is 19.6. The van der Waals surface area contributed by atoms with Crippen LogP contribution in [0.25, 0.3) is 0 Å². The molecule has 0 bridgehead atoms. The summed E-state index contributed by atoms with van der Waals surface area (Å²) in [5, 5.41) is 0. The second-order valence-electron chi connectivity index (χ2n) is 8.55. The number of nitrogens with zero attached hydrogens (tertiary/aromatic N) is 3. The molecule has 1 amide bonds. The van der Waals surface area contributed by atoms with Crippen LogP contribution in [0.4, 0.5) is 11.4 Å². The van der Waals surface area contributed by atoms with Gasteiger partial charge < -0.3 is 9.80 Å². The summed E-state index contributed by atoms with van der Waals surface area (Å²) >= 11 is 0. The molecule has 5 rings (SSSR count). The standard InChI is InChI=1S/C23H27N3O3S/c1-17-15-19-16-21(9-10-22(19)26(17)23(27)18-7-8-18)30(28,29)25-13-11-24(12-14-25)20-5-3-2-4-6-20/h2-6,9-10,16-18H,7-8,11-15H2,1H3/t17-/m1/s1. The van der Waals surface area contributed by atoms with Crippen molar-refractivity contribution in [2.75, 3.05) is 36.0 Å². The number of piperazine rings is 1. The number of benzene rings is 2. The van der Waals surface area contributed by atoms with E-state index in [-0.39, 0.29) is 17.9 Å². The number of hydrogen-bond donors (Lipinski definition) is 0. The first-order chi connectivity index (χ1) is 14.4. The van der Waals surface area contributed by atoms with Crippen LogP contribution in [0.3, 0.4) is 0 Å². The molecule has 0 aromatic heterocycles. The summed E-state index contributed by atoms with van der Waals surface area (Å²) < 4.78 is 28.1. The Morgan fingerprint density at radius 3 is 2.33 bits per heavy atom. The van der Waals surface area contributed by atoms with E-state index in [0.717, 1.165) is 29.8 Å². The van der Waals surface area contributed by atoms with E-state index in [9.17, 15) is 13.2 Å². The van der Waals surface area contributed by atoms with Gasteiger partial charge in [0.2, 0.25) is 15.9 Å². The normalized spacial score (nSPS) is 22.2. The predicted molar refractivity (Wildman–Crippen MR) is 117 cm³/mol. The number of para-hydroxylation sites is 1. The molecule has 2 aromatic carbocycles. The Labute approximate surface area is 178 Å². The van der Waals surface area contributed by atoms with Crippen molar-refractivity contribution < 1.29 is 13.2 Å². The van der Waals surface area contributed by atoms with Gasteiger partial charge >= 0.3 is 0 Å². The fourth-order valence-corrected chi connectivity index (χ4v) is 6.08. The molecule has 0 radical (unpaired) electrons. The highest BCUT2D eigenvalue weighted by molar-refractivity contribution is 7.89. The summed E-state index contributed by atoms with van der Waals surface area (Å²) in [6.45, 7) is 4.33. The van der Waals surface area contributed by atoms with Gasteiger partial charge in [0.05, 0.1) is 4.90 Å². The van der Waals surface area contributed by atoms with E-state index in [0.29, 0.717) is 37.5 Å². The minimum absolute atomic E-state index is 0.0838. The molecule has 2 fully saturated rings. The largest absolute Gasteiger partial charge is 0.369 e. The third-order valence-electron chi connectivity index (χ3n) is 6.43. The van der Waals surface area contributed by atoms with Gasteiger partial charge in [-0.05, 0) is 62.1 Å². The van der Waals surface area contributed by atoms with Crippen LogP contribution in [0.2, 0.25) is 0 Å². The van der Waals surface area contributed by atoms with Crippen molar-refractivity contribution in [1.82, 2.24) is 4.31 Å². The van der Waals surface area contributed by atoms with Crippen LogP contribution in [0.15, 0.2) is 53.4 Å². The maximum Gasteiger partial charge on any atom is 0.243 e. The van der Waals surface area contributed by atoms with Crippen LogP contribution in [-0.2, 0) is 21.2 Å². The zero-order valence-electron chi connectivity index (χ0n) is 17.2. The Kier molecular flexibility index (Phi) is 4.82. The number of sulfonamides is 1. The van der Waals surface area contributed by atoms with E-state index in [1.807, 2.05) is 36.1 Å². The van der Waals surface area contributed by atoms with Gasteiger partial charge in [0, 0.05) is 49.5 Å². The molecular formula is C23H27N3O3S. The Morgan fingerprint density at radius 1 is 0.967 bits per heavy atom. The zero-order valence-corrected chi connectivity index (χ0v) is 18.0. The molecule has 2 aromatic rings. The van der Waals surface area contributed by atoms with E-state index in [1.54, 1.807) is 16.4 Å². The molecule has 0 N–H and O–H groups in total. The van der Waals surface area contributed by atoms with Crippen molar-refractivity contribution >= 4 is 27.3 Å². The topological polar surface area (TPSA) is 60.9 Å². The van der Waals surface area contributed by atoms with Gasteiger partial charge in [-0.3, -0.25) is 4.79 Å². The number of amides is 1. The summed E-state index contributed by atoms with van der Waals surface area (Å²) in [6, 6.07) is 15.5. The van der Waals surface area contributed by atoms with Gasteiger partial charge in [-0.1, -0.05) is 18.2 Å². The molecule has 6 nitrogen and oxygen atoms in total. The Hall–Kier alpha value is -2.38. The predicted octanol–water partition coefficient (Wildman–Crippen LogP) is 2.89. The monoisotopic (exact) mass is 425 g/mol. The van der Waals surface area contributed by atoms with Crippen LogP contribution < -0.4 is 9.80 Å². The van der Waals surface area contributed by atoms with Crippen molar-refractivity contribution in [3.05, 3.63) is 54.1 Å². The Bertz CT molecular complexity index is 1060. The fraction of sp³-hybridized carbons (Fsp3) is 0.435. The van der Waals surface area contributed by atoms with Crippen molar-refractivity contribution in [2.24, 2.45) is 5.92 Å².